The van der Waals surface area contributed by atoms with Crippen molar-refractivity contribution < 1.29 is 22.7 Å². The van der Waals surface area contributed by atoms with Gasteiger partial charge >= 0.3 is 5.97 Å². The number of hydrogen-bond donors (Lipinski definition) is 2. The fourth-order valence-corrected chi connectivity index (χ4v) is 4.62. The van der Waals surface area contributed by atoms with Crippen molar-refractivity contribution in [3.8, 4) is 0 Å². The Morgan fingerprint density at radius 2 is 1.86 bits per heavy atom. The van der Waals surface area contributed by atoms with Crippen molar-refractivity contribution in [1.82, 2.24) is 9.62 Å². The number of aromatic carboxylic acids is 1. The third-order valence-electron chi connectivity index (χ3n) is 5.14. The summed E-state index contributed by atoms with van der Waals surface area (Å²) < 4.78 is 41.3. The number of sulfonamides is 1. The highest BCUT2D eigenvalue weighted by molar-refractivity contribution is 7.89. The van der Waals surface area contributed by atoms with Crippen LogP contribution in [0.25, 0.3) is 0 Å². The number of nitrogens with one attached hydrogen (secondary N) is 1. The molecule has 3 rings (SSSR count). The second-order valence-electron chi connectivity index (χ2n) is 7.24. The highest BCUT2D eigenvalue weighted by atomic mass is 32.2. The van der Waals surface area contributed by atoms with Crippen LogP contribution in [0.2, 0.25) is 0 Å². The number of carboxylic acids is 1. The van der Waals surface area contributed by atoms with E-state index in [1.54, 1.807) is 12.1 Å². The van der Waals surface area contributed by atoms with Crippen molar-refractivity contribution in [2.45, 2.75) is 31.6 Å². The van der Waals surface area contributed by atoms with Gasteiger partial charge in [0.1, 0.15) is 6.17 Å². The molecule has 1 heterocycles. The molecule has 0 amide bonds. The number of hydrogen-bond acceptors (Lipinski definition) is 4. The van der Waals surface area contributed by atoms with Gasteiger partial charge in [0.15, 0.2) is 0 Å². The molecule has 1 saturated heterocycles. The molecule has 29 heavy (non-hydrogen) atoms. The SMILES string of the molecule is O=C(O)c1ccc(CNS(=O)(=O)CC[C@@H](c2ccccc2)N2CC[C@H](F)C2)cc1. The number of likely N-dealkylation sites (tertiary alicyclic amines) is 1. The Balaban J connectivity index is 1.61. The lowest BCUT2D eigenvalue weighted by molar-refractivity contribution is 0.0697. The van der Waals surface area contributed by atoms with E-state index in [1.807, 2.05) is 35.2 Å². The van der Waals surface area contributed by atoms with E-state index in [1.165, 1.54) is 12.1 Å². The molecular weight excluding hydrogens is 395 g/mol. The zero-order chi connectivity index (χ0) is 20.9. The Morgan fingerprint density at radius 3 is 2.45 bits per heavy atom. The third-order valence-corrected chi connectivity index (χ3v) is 6.50. The highest BCUT2D eigenvalue weighted by Crippen LogP contribution is 2.29. The van der Waals surface area contributed by atoms with Crippen LogP contribution in [0.5, 0.6) is 0 Å². The van der Waals surface area contributed by atoms with E-state index in [4.69, 9.17) is 5.11 Å². The quantitative estimate of drug-likeness (QED) is 0.651. The van der Waals surface area contributed by atoms with Gasteiger partial charge in [-0.05, 0) is 36.1 Å². The van der Waals surface area contributed by atoms with Gasteiger partial charge in [0.25, 0.3) is 0 Å². The molecule has 1 aliphatic heterocycles. The molecule has 0 saturated carbocycles. The summed E-state index contributed by atoms with van der Waals surface area (Å²) >= 11 is 0. The summed E-state index contributed by atoms with van der Waals surface area (Å²) in [4.78, 5) is 12.9. The van der Waals surface area contributed by atoms with Gasteiger partial charge < -0.3 is 5.11 Å². The minimum absolute atomic E-state index is 0.0762. The van der Waals surface area contributed by atoms with Gasteiger partial charge in [-0.2, -0.15) is 0 Å². The van der Waals surface area contributed by atoms with Crippen molar-refractivity contribution >= 4 is 16.0 Å². The third kappa shape index (κ3) is 6.09. The Labute approximate surface area is 170 Å². The Kier molecular flexibility index (Phi) is 7.00. The van der Waals surface area contributed by atoms with E-state index in [0.29, 0.717) is 31.5 Å². The van der Waals surface area contributed by atoms with Crippen LogP contribution in [-0.4, -0.2) is 49.4 Å². The van der Waals surface area contributed by atoms with Crippen LogP contribution in [0.15, 0.2) is 54.6 Å². The first-order valence-corrected chi connectivity index (χ1v) is 11.2. The molecule has 1 fully saturated rings. The van der Waals surface area contributed by atoms with Gasteiger partial charge in [-0.15, -0.1) is 0 Å². The molecule has 156 valence electrons. The standard InChI is InChI=1S/C21H25FN2O4S/c22-19-10-12-24(15-19)20(17-4-2-1-3-5-17)11-13-29(27,28)23-14-16-6-8-18(9-7-16)21(25)26/h1-9,19-20,23H,10-15H2,(H,25,26)/t19-,20-/m0/s1. The van der Waals surface area contributed by atoms with Crippen LogP contribution in [-0.2, 0) is 16.6 Å². The number of halogens is 1. The van der Waals surface area contributed by atoms with E-state index in [-0.39, 0.29) is 23.9 Å². The summed E-state index contributed by atoms with van der Waals surface area (Å²) in [6.45, 7) is 1.03. The Hall–Kier alpha value is -2.29. The highest BCUT2D eigenvalue weighted by Gasteiger charge is 2.30. The minimum atomic E-state index is -3.54. The maximum absolute atomic E-state index is 13.7. The number of benzene rings is 2. The Bertz CT molecular complexity index is 919. The van der Waals surface area contributed by atoms with Crippen molar-refractivity contribution in [3.63, 3.8) is 0 Å². The van der Waals surface area contributed by atoms with Gasteiger partial charge in [-0.25, -0.2) is 22.3 Å². The number of rotatable bonds is 9. The van der Waals surface area contributed by atoms with Crippen LogP contribution < -0.4 is 4.72 Å². The molecule has 0 unspecified atom stereocenters. The summed E-state index contributed by atoms with van der Waals surface area (Å²) in [7, 11) is -3.54. The van der Waals surface area contributed by atoms with Gasteiger partial charge in [-0.1, -0.05) is 42.5 Å². The van der Waals surface area contributed by atoms with Crippen molar-refractivity contribution in [3.05, 3.63) is 71.3 Å². The average Bonchev–Trinajstić information content (AvgIpc) is 3.14. The lowest BCUT2D eigenvalue weighted by Crippen LogP contribution is -2.32. The van der Waals surface area contributed by atoms with E-state index in [2.05, 4.69) is 4.72 Å². The first kappa shape index (κ1) is 21.4. The molecule has 2 atom stereocenters. The zero-order valence-corrected chi connectivity index (χ0v) is 16.8. The number of alkyl halides is 1. The molecule has 2 aromatic rings. The predicted molar refractivity (Wildman–Crippen MR) is 109 cm³/mol. The average molecular weight is 421 g/mol. The Morgan fingerprint density at radius 1 is 1.17 bits per heavy atom. The lowest BCUT2D eigenvalue weighted by Gasteiger charge is -2.28. The largest absolute Gasteiger partial charge is 0.478 e. The second kappa shape index (κ2) is 9.47. The van der Waals surface area contributed by atoms with Gasteiger partial charge in [0, 0.05) is 25.7 Å². The van der Waals surface area contributed by atoms with Crippen LogP contribution in [0.3, 0.4) is 0 Å². The molecule has 2 aromatic carbocycles. The molecule has 0 radical (unpaired) electrons. The molecule has 6 nitrogen and oxygen atoms in total. The monoisotopic (exact) mass is 420 g/mol. The molecule has 2 N–H and O–H groups in total. The molecule has 0 bridgehead atoms. The first-order chi connectivity index (χ1) is 13.8. The fourth-order valence-electron chi connectivity index (χ4n) is 3.56. The summed E-state index contributed by atoms with van der Waals surface area (Å²) in [5.41, 5.74) is 1.82. The predicted octanol–water partition coefficient (Wildman–Crippen LogP) is 2.98. The molecule has 0 aliphatic carbocycles. The van der Waals surface area contributed by atoms with E-state index in [0.717, 1.165) is 5.56 Å². The van der Waals surface area contributed by atoms with Crippen molar-refractivity contribution in [2.24, 2.45) is 0 Å². The smallest absolute Gasteiger partial charge is 0.335 e. The molecule has 1 aliphatic rings. The van der Waals surface area contributed by atoms with E-state index < -0.39 is 22.2 Å². The summed E-state index contributed by atoms with van der Waals surface area (Å²) in [6.07, 6.45) is -0.0326. The second-order valence-corrected chi connectivity index (χ2v) is 9.16. The maximum Gasteiger partial charge on any atom is 0.335 e. The molecular formula is C21H25FN2O4S. The first-order valence-electron chi connectivity index (χ1n) is 9.57. The van der Waals surface area contributed by atoms with Crippen LogP contribution in [0, 0.1) is 0 Å². The van der Waals surface area contributed by atoms with E-state index >= 15 is 0 Å². The normalized spacial score (nSPS) is 18.6. The topological polar surface area (TPSA) is 86.7 Å². The molecule has 8 heteroatoms. The molecule has 0 spiro atoms. The van der Waals surface area contributed by atoms with Gasteiger partial charge in [0.2, 0.25) is 10.0 Å². The number of nitrogens with zero attached hydrogens (tertiary/aromatic N) is 1. The van der Waals surface area contributed by atoms with Gasteiger partial charge in [0.05, 0.1) is 11.3 Å². The zero-order valence-electron chi connectivity index (χ0n) is 16.0. The van der Waals surface area contributed by atoms with Crippen LogP contribution >= 0.6 is 0 Å². The molecule has 0 aromatic heterocycles. The van der Waals surface area contributed by atoms with Crippen LogP contribution in [0.4, 0.5) is 4.39 Å². The summed E-state index contributed by atoms with van der Waals surface area (Å²) in [5, 5.41) is 8.92. The lowest BCUT2D eigenvalue weighted by atomic mass is 10.0. The summed E-state index contributed by atoms with van der Waals surface area (Å²) in [6, 6.07) is 15.5. The van der Waals surface area contributed by atoms with E-state index in [9.17, 15) is 17.6 Å². The number of carboxylic acid groups (broad SMARTS) is 1. The minimum Gasteiger partial charge on any atom is -0.478 e. The number of carbonyl (C=O) groups is 1. The maximum atomic E-state index is 13.7. The van der Waals surface area contributed by atoms with Crippen LogP contribution in [0.1, 0.15) is 40.4 Å². The van der Waals surface area contributed by atoms with Crippen molar-refractivity contribution in [2.75, 3.05) is 18.8 Å². The van der Waals surface area contributed by atoms with Crippen molar-refractivity contribution in [1.29, 1.82) is 0 Å². The summed E-state index contributed by atoms with van der Waals surface area (Å²) in [5.74, 6) is -1.10. The fraction of sp³-hybridized carbons (Fsp3) is 0.381. The van der Waals surface area contributed by atoms with Gasteiger partial charge in [-0.3, -0.25) is 4.90 Å².